The predicted molar refractivity (Wildman–Crippen MR) is 66.9 cm³/mol. The number of aromatic nitrogens is 2. The van der Waals surface area contributed by atoms with Gasteiger partial charge in [-0.25, -0.2) is 9.97 Å². The number of nitrogen functional groups attached to an aromatic ring is 1. The number of aryl methyl sites for hydroxylation is 1. The van der Waals surface area contributed by atoms with E-state index in [9.17, 15) is 0 Å². The summed E-state index contributed by atoms with van der Waals surface area (Å²) >= 11 is 5.78. The van der Waals surface area contributed by atoms with Crippen molar-refractivity contribution in [2.24, 2.45) is 0 Å². The van der Waals surface area contributed by atoms with E-state index in [1.807, 2.05) is 6.92 Å². The van der Waals surface area contributed by atoms with E-state index >= 15 is 0 Å². The average molecular weight is 253 g/mol. The molecule has 0 saturated carbocycles. The first-order chi connectivity index (χ1) is 8.19. The van der Waals surface area contributed by atoms with Crippen molar-refractivity contribution in [3.63, 3.8) is 0 Å². The van der Waals surface area contributed by atoms with Crippen molar-refractivity contribution in [1.29, 1.82) is 0 Å². The predicted octanol–water partition coefficient (Wildman–Crippen LogP) is 2.48. The summed E-state index contributed by atoms with van der Waals surface area (Å²) in [5.41, 5.74) is 6.29. The summed E-state index contributed by atoms with van der Waals surface area (Å²) < 4.78 is 5.45. The zero-order valence-corrected chi connectivity index (χ0v) is 10.2. The molecule has 0 aromatic carbocycles. The molecule has 2 rings (SSSR count). The van der Waals surface area contributed by atoms with E-state index in [4.69, 9.17) is 21.8 Å². The summed E-state index contributed by atoms with van der Waals surface area (Å²) in [7, 11) is 0. The van der Waals surface area contributed by atoms with E-state index in [1.54, 1.807) is 18.3 Å². The fourth-order valence-electron chi connectivity index (χ4n) is 1.34. The first-order valence-corrected chi connectivity index (χ1v) is 5.66. The lowest BCUT2D eigenvalue weighted by Gasteiger charge is -2.06. The Morgan fingerprint density at radius 1 is 1.47 bits per heavy atom. The molecule has 5 nitrogen and oxygen atoms in total. The van der Waals surface area contributed by atoms with Gasteiger partial charge in [0.1, 0.15) is 10.9 Å². The molecule has 3 N–H and O–H groups in total. The van der Waals surface area contributed by atoms with Crippen molar-refractivity contribution in [2.75, 3.05) is 11.1 Å². The van der Waals surface area contributed by atoms with E-state index < -0.39 is 0 Å². The zero-order valence-electron chi connectivity index (χ0n) is 9.40. The monoisotopic (exact) mass is 252 g/mol. The lowest BCUT2D eigenvalue weighted by molar-refractivity contribution is 0.465. The molecule has 0 aliphatic rings. The van der Waals surface area contributed by atoms with Gasteiger partial charge in [0.15, 0.2) is 5.82 Å². The summed E-state index contributed by atoms with van der Waals surface area (Å²) in [4.78, 5) is 8.20. The molecule has 2 aromatic heterocycles. The zero-order chi connectivity index (χ0) is 12.3. The van der Waals surface area contributed by atoms with Crippen molar-refractivity contribution < 1.29 is 4.42 Å². The molecule has 0 spiro atoms. The normalized spacial score (nSPS) is 10.5. The third kappa shape index (κ3) is 2.88. The molecule has 2 heterocycles. The molecule has 0 atom stereocenters. The minimum Gasteiger partial charge on any atom is -0.444 e. The Morgan fingerprint density at radius 2 is 2.29 bits per heavy atom. The number of hydrogen-bond donors (Lipinski definition) is 2. The van der Waals surface area contributed by atoms with Crippen LogP contribution in [0.1, 0.15) is 18.6 Å². The topological polar surface area (TPSA) is 77.0 Å². The highest BCUT2D eigenvalue weighted by molar-refractivity contribution is 6.29. The van der Waals surface area contributed by atoms with Crippen LogP contribution in [0, 0.1) is 0 Å². The van der Waals surface area contributed by atoms with E-state index in [-0.39, 0.29) is 0 Å². The average Bonchev–Trinajstić information content (AvgIpc) is 2.78. The second kappa shape index (κ2) is 5.05. The lowest BCUT2D eigenvalue weighted by Crippen LogP contribution is -2.04. The number of nitrogens with zero attached hydrogens (tertiary/aromatic N) is 2. The molecule has 17 heavy (non-hydrogen) atoms. The summed E-state index contributed by atoms with van der Waals surface area (Å²) in [6, 6.07) is 3.34. The molecule has 2 aromatic rings. The van der Waals surface area contributed by atoms with Gasteiger partial charge in [0.25, 0.3) is 0 Å². The lowest BCUT2D eigenvalue weighted by atomic mass is 10.4. The third-order valence-corrected chi connectivity index (χ3v) is 2.46. The van der Waals surface area contributed by atoms with Gasteiger partial charge in [-0.15, -0.1) is 0 Å². The number of nitrogens with one attached hydrogen (secondary N) is 1. The van der Waals surface area contributed by atoms with Gasteiger partial charge in [0.2, 0.25) is 5.89 Å². The highest BCUT2D eigenvalue weighted by Crippen LogP contribution is 2.19. The molecule has 0 aliphatic carbocycles. The van der Waals surface area contributed by atoms with Crippen LogP contribution < -0.4 is 11.1 Å². The first-order valence-electron chi connectivity index (χ1n) is 5.28. The van der Waals surface area contributed by atoms with Gasteiger partial charge in [-0.3, -0.25) is 0 Å². The first kappa shape index (κ1) is 11.7. The van der Waals surface area contributed by atoms with Crippen LogP contribution in [0.3, 0.4) is 0 Å². The van der Waals surface area contributed by atoms with Crippen molar-refractivity contribution in [3.8, 4) is 0 Å². The Bertz CT molecular complexity index is 512. The van der Waals surface area contributed by atoms with Gasteiger partial charge >= 0.3 is 0 Å². The summed E-state index contributed by atoms with van der Waals surface area (Å²) in [5.74, 6) is 1.99. The van der Waals surface area contributed by atoms with E-state index in [1.165, 1.54) is 0 Å². The van der Waals surface area contributed by atoms with E-state index in [2.05, 4.69) is 15.3 Å². The van der Waals surface area contributed by atoms with Crippen LogP contribution in [0.25, 0.3) is 0 Å². The highest BCUT2D eigenvalue weighted by Gasteiger charge is 2.05. The minimum absolute atomic E-state index is 0.392. The summed E-state index contributed by atoms with van der Waals surface area (Å²) in [6.45, 7) is 2.44. The second-order valence-electron chi connectivity index (χ2n) is 3.50. The van der Waals surface area contributed by atoms with Crippen LogP contribution in [-0.2, 0) is 13.0 Å². The Balaban J connectivity index is 2.04. The number of rotatable bonds is 4. The van der Waals surface area contributed by atoms with Crippen LogP contribution in [0.2, 0.25) is 5.15 Å². The van der Waals surface area contributed by atoms with Crippen molar-refractivity contribution >= 4 is 23.1 Å². The van der Waals surface area contributed by atoms with Gasteiger partial charge in [-0.2, -0.15) is 0 Å². The quantitative estimate of drug-likeness (QED) is 0.818. The molecule has 90 valence electrons. The van der Waals surface area contributed by atoms with Gasteiger partial charge in [0.05, 0.1) is 18.4 Å². The van der Waals surface area contributed by atoms with Gasteiger partial charge in [-0.1, -0.05) is 18.5 Å². The number of hydrogen-bond acceptors (Lipinski definition) is 5. The molecular weight excluding hydrogens is 240 g/mol. The van der Waals surface area contributed by atoms with Crippen molar-refractivity contribution in [2.45, 2.75) is 19.9 Å². The minimum atomic E-state index is 0.392. The molecule has 6 heteroatoms. The highest BCUT2D eigenvalue weighted by atomic mass is 35.5. The molecule has 0 saturated heterocycles. The molecule has 0 amide bonds. The Morgan fingerprint density at radius 3 is 3.00 bits per heavy atom. The van der Waals surface area contributed by atoms with Crippen LogP contribution in [-0.4, -0.2) is 9.97 Å². The molecule has 0 fully saturated rings. The van der Waals surface area contributed by atoms with E-state index in [0.717, 1.165) is 12.2 Å². The molecular formula is C11H13ClN4O. The van der Waals surface area contributed by atoms with Crippen molar-refractivity contribution in [3.05, 3.63) is 35.1 Å². The maximum absolute atomic E-state index is 5.78. The van der Waals surface area contributed by atoms with Gasteiger partial charge in [-0.05, 0) is 12.1 Å². The maximum atomic E-state index is 5.78. The second-order valence-corrected chi connectivity index (χ2v) is 3.89. The molecule has 0 aliphatic heterocycles. The maximum Gasteiger partial charge on any atom is 0.213 e. The molecule has 0 radical (unpaired) electrons. The van der Waals surface area contributed by atoms with Gasteiger partial charge < -0.3 is 15.5 Å². The van der Waals surface area contributed by atoms with Crippen LogP contribution in [0.5, 0.6) is 0 Å². The standard InChI is InChI=1S/C11H13ClN4O/c1-2-7-5-14-10(17-7)6-15-11-8(13)3-4-9(12)16-11/h3-5H,2,6,13H2,1H3,(H,15,16). The number of pyridine rings is 1. The smallest absolute Gasteiger partial charge is 0.213 e. The number of nitrogens with two attached hydrogens (primary N) is 1. The Kier molecular flexibility index (Phi) is 3.49. The fourth-order valence-corrected chi connectivity index (χ4v) is 1.49. The van der Waals surface area contributed by atoms with Gasteiger partial charge in [0, 0.05) is 6.42 Å². The number of oxazole rings is 1. The van der Waals surface area contributed by atoms with E-state index in [0.29, 0.717) is 29.1 Å². The fraction of sp³-hybridized carbons (Fsp3) is 0.273. The number of anilines is 2. The Labute approximate surface area is 104 Å². The SMILES string of the molecule is CCc1cnc(CNc2nc(Cl)ccc2N)o1. The van der Waals surface area contributed by atoms with Crippen LogP contribution in [0.4, 0.5) is 11.5 Å². The number of halogens is 1. The largest absolute Gasteiger partial charge is 0.444 e. The van der Waals surface area contributed by atoms with Crippen molar-refractivity contribution in [1.82, 2.24) is 9.97 Å². The third-order valence-electron chi connectivity index (χ3n) is 2.25. The van der Waals surface area contributed by atoms with Crippen LogP contribution >= 0.6 is 11.6 Å². The molecule has 0 unspecified atom stereocenters. The summed E-state index contributed by atoms with van der Waals surface area (Å²) in [5, 5.41) is 3.42. The molecule has 0 bridgehead atoms. The Hall–Kier alpha value is -1.75. The summed E-state index contributed by atoms with van der Waals surface area (Å²) in [6.07, 6.45) is 2.54. The van der Waals surface area contributed by atoms with Crippen LogP contribution in [0.15, 0.2) is 22.7 Å².